The van der Waals surface area contributed by atoms with Gasteiger partial charge in [0.1, 0.15) is 10.9 Å². The second-order valence-electron chi connectivity index (χ2n) is 1.19. The van der Waals surface area contributed by atoms with Crippen LogP contribution in [-0.4, -0.2) is 11.2 Å². The van der Waals surface area contributed by atoms with Crippen molar-refractivity contribution in [2.75, 3.05) is 0 Å². The first-order valence-electron chi connectivity index (χ1n) is 2.44. The third-order valence-corrected chi connectivity index (χ3v) is 2.89. The summed E-state index contributed by atoms with van der Waals surface area (Å²) in [5.41, 5.74) is 0. The van der Waals surface area contributed by atoms with Crippen molar-refractivity contribution in [2.24, 2.45) is 0 Å². The fraction of sp³-hybridized carbons (Fsp3) is 0. The number of thiazole rings is 1. The van der Waals surface area contributed by atoms with E-state index in [1.165, 1.54) is 0 Å². The molecule has 0 unspecified atom stereocenters. The summed E-state index contributed by atoms with van der Waals surface area (Å²) < 4.78 is 7.79. The molecular weight excluding hydrogens is 274 g/mol. The highest BCUT2D eigenvalue weighted by atomic mass is 79.9. The van der Waals surface area contributed by atoms with E-state index >= 15 is 0 Å². The fourth-order valence-electron chi connectivity index (χ4n) is 0.340. The van der Waals surface area contributed by atoms with Gasteiger partial charge in [-0.05, 0) is 31.9 Å². The molecule has 0 saturated heterocycles. The Kier molecular flexibility index (Phi) is 1.93. The Morgan fingerprint density at radius 1 is 1.78 bits per heavy atom. The van der Waals surface area contributed by atoms with Gasteiger partial charge in [0, 0.05) is 0 Å². The molecule has 0 radical (unpaired) electrons. The van der Waals surface area contributed by atoms with Gasteiger partial charge in [-0.25, -0.2) is 4.98 Å². The maximum Gasteiger partial charge on any atom is 0.162 e. The Labute approximate surface area is 74.0 Å². The molecule has 9 heavy (non-hydrogen) atoms. The number of carbonyl (C=O) groups excluding carboxylic acids is 1. The molecule has 48 valence electrons. The molecule has 0 bridgehead atoms. The van der Waals surface area contributed by atoms with E-state index in [1.54, 1.807) is 0 Å². The van der Waals surface area contributed by atoms with E-state index in [4.69, 9.17) is 1.37 Å². The summed E-state index contributed by atoms with van der Waals surface area (Å²) in [6.07, 6.45) is -0.713. The molecule has 1 aromatic heterocycles. The van der Waals surface area contributed by atoms with E-state index in [0.29, 0.717) is 13.4 Å². The highest BCUT2D eigenvalue weighted by Crippen LogP contribution is 2.25. The average Bonchev–Trinajstić information content (AvgIpc) is 2.10. The van der Waals surface area contributed by atoms with Crippen molar-refractivity contribution in [1.29, 1.82) is 0 Å². The lowest BCUT2D eigenvalue weighted by Crippen LogP contribution is -1.70. The van der Waals surface area contributed by atoms with E-state index in [2.05, 4.69) is 36.8 Å². The first-order chi connectivity index (χ1) is 4.61. The van der Waals surface area contributed by atoms with Gasteiger partial charge in [-0.3, -0.25) is 4.79 Å². The maximum atomic E-state index is 10.5. The van der Waals surface area contributed by atoms with Crippen LogP contribution >= 0.6 is 43.2 Å². The quantitative estimate of drug-likeness (QED) is 0.582. The van der Waals surface area contributed by atoms with Crippen LogP contribution in [0.5, 0.6) is 0 Å². The highest BCUT2D eigenvalue weighted by molar-refractivity contribution is 9.11. The lowest BCUT2D eigenvalue weighted by atomic mass is 11.6. The molecule has 0 fully saturated rings. The molecule has 0 amide bonds. The van der Waals surface area contributed by atoms with Gasteiger partial charge in [-0.2, -0.15) is 0 Å². The fourth-order valence-corrected chi connectivity index (χ4v) is 2.34. The summed E-state index contributed by atoms with van der Waals surface area (Å²) in [6.45, 7) is 0. The SMILES string of the molecule is [2H][13C](=O)[13c]1s[13c](Br)n[13c]1Br. The van der Waals surface area contributed by atoms with Crippen molar-refractivity contribution in [3.8, 4) is 0 Å². The zero-order valence-corrected chi connectivity index (χ0v) is 8.01. The molecule has 0 atom stereocenters. The monoisotopic (exact) mass is 274 g/mol. The van der Waals surface area contributed by atoms with Gasteiger partial charge in [0.15, 0.2) is 10.2 Å². The second kappa shape index (κ2) is 2.90. The number of rotatable bonds is 1. The predicted molar refractivity (Wildman–Crippen MR) is 42.9 cm³/mol. The van der Waals surface area contributed by atoms with E-state index in [1.807, 2.05) is 0 Å². The van der Waals surface area contributed by atoms with Crippen LogP contribution in [0.4, 0.5) is 0 Å². The van der Waals surface area contributed by atoms with Gasteiger partial charge in [0.25, 0.3) is 0 Å². The Morgan fingerprint density at radius 3 is 2.67 bits per heavy atom. The number of nitrogens with zero attached hydrogens (tertiary/aromatic N) is 1. The van der Waals surface area contributed by atoms with Crippen LogP contribution in [0.25, 0.3) is 0 Å². The Morgan fingerprint density at radius 2 is 2.44 bits per heavy atom. The number of halogens is 2. The summed E-state index contributed by atoms with van der Waals surface area (Å²) in [5.74, 6) is 0. The molecule has 1 rings (SSSR count). The van der Waals surface area contributed by atoms with Crippen LogP contribution in [0.15, 0.2) is 8.52 Å². The normalized spacial score (nSPS) is 11.1. The molecule has 0 spiro atoms. The van der Waals surface area contributed by atoms with Crippen molar-refractivity contribution in [2.45, 2.75) is 0 Å². The lowest BCUT2D eigenvalue weighted by Gasteiger charge is -1.74. The van der Waals surface area contributed by atoms with E-state index in [-0.39, 0.29) is 0 Å². The van der Waals surface area contributed by atoms with Crippen LogP contribution in [0.3, 0.4) is 0 Å². The van der Waals surface area contributed by atoms with E-state index < -0.39 is 6.26 Å². The molecule has 0 saturated carbocycles. The van der Waals surface area contributed by atoms with Crippen LogP contribution in [0, 0.1) is 0 Å². The summed E-state index contributed by atoms with van der Waals surface area (Å²) in [7, 11) is 0. The third kappa shape index (κ3) is 1.59. The van der Waals surface area contributed by atoms with Crippen LogP contribution in [0.1, 0.15) is 11.0 Å². The highest BCUT2D eigenvalue weighted by Gasteiger charge is 2.03. The summed E-state index contributed by atoms with van der Waals surface area (Å²) >= 11 is 7.28. The second-order valence-corrected chi connectivity index (χ2v) is 4.22. The van der Waals surface area contributed by atoms with Crippen LogP contribution < -0.4 is 0 Å². The molecule has 5 heteroatoms. The van der Waals surface area contributed by atoms with Gasteiger partial charge in [0.05, 0.1) is 0 Å². The zero-order valence-electron chi connectivity index (χ0n) is 5.02. The van der Waals surface area contributed by atoms with E-state index in [0.717, 1.165) is 11.3 Å². The van der Waals surface area contributed by atoms with Crippen molar-refractivity contribution in [3.63, 3.8) is 0 Å². The minimum atomic E-state index is -0.713. The number of carbonyl (C=O) groups is 1. The molecule has 0 N–H and O–H groups in total. The van der Waals surface area contributed by atoms with Crippen LogP contribution in [-0.2, 0) is 0 Å². The summed E-state index contributed by atoms with van der Waals surface area (Å²) in [6, 6.07) is 0. The molecule has 0 aliphatic rings. The molecular formula is C4HBr2NOS. The largest absolute Gasteiger partial charge is 0.297 e. The van der Waals surface area contributed by atoms with E-state index in [9.17, 15) is 4.79 Å². The number of hydrogen-bond donors (Lipinski definition) is 0. The van der Waals surface area contributed by atoms with Crippen molar-refractivity contribution in [1.82, 2.24) is 4.98 Å². The van der Waals surface area contributed by atoms with Gasteiger partial charge in [0.2, 0.25) is 0 Å². The van der Waals surface area contributed by atoms with Crippen molar-refractivity contribution < 1.29 is 6.17 Å². The topological polar surface area (TPSA) is 30.0 Å². The summed E-state index contributed by atoms with van der Waals surface area (Å²) in [5, 5.41) is 0. The maximum absolute atomic E-state index is 10.5. The lowest BCUT2D eigenvalue weighted by molar-refractivity contribution is 0.112. The van der Waals surface area contributed by atoms with Gasteiger partial charge in [-0.15, -0.1) is 11.3 Å². The number of aromatic nitrogens is 1. The average molecular weight is 276 g/mol. The molecule has 0 aliphatic carbocycles. The zero-order chi connectivity index (χ0) is 7.72. The first-order valence-corrected chi connectivity index (χ1v) is 4.34. The number of aldehydes is 1. The minimum Gasteiger partial charge on any atom is -0.297 e. The smallest absolute Gasteiger partial charge is 0.162 e. The molecule has 0 aromatic carbocycles. The Hall–Kier alpha value is 0.260. The predicted octanol–water partition coefficient (Wildman–Crippen LogP) is 2.48. The van der Waals surface area contributed by atoms with Crippen LogP contribution in [0.2, 0.25) is 0 Å². The first kappa shape index (κ1) is 6.00. The third-order valence-electron chi connectivity index (χ3n) is 0.652. The molecule has 2 nitrogen and oxygen atoms in total. The number of hydrogen-bond acceptors (Lipinski definition) is 3. The minimum absolute atomic E-state index is 0.326. The van der Waals surface area contributed by atoms with Crippen molar-refractivity contribution in [3.05, 3.63) is 13.4 Å². The Balaban J connectivity index is 3.15. The van der Waals surface area contributed by atoms with Gasteiger partial charge >= 0.3 is 0 Å². The standard InChI is InChI=1S/C4HBr2NOS/c5-3-2(1-8)9-4(6)7-3/h1H/i1+1D,2+1,3+1,4+1. The van der Waals surface area contributed by atoms with Crippen molar-refractivity contribution >= 4 is 49.5 Å². The molecule has 1 aromatic rings. The van der Waals surface area contributed by atoms with Gasteiger partial charge < -0.3 is 0 Å². The Bertz CT molecular complexity index is 274. The molecule has 1 heterocycles. The van der Waals surface area contributed by atoms with Gasteiger partial charge in [-0.1, -0.05) is 0 Å². The molecule has 0 aliphatic heterocycles. The summed E-state index contributed by atoms with van der Waals surface area (Å²) in [4.78, 5) is 14.6.